The zero-order chi connectivity index (χ0) is 13.3. The van der Waals surface area contributed by atoms with Crippen LogP contribution in [0.25, 0.3) is 0 Å². The lowest BCUT2D eigenvalue weighted by Crippen LogP contribution is -2.27. The van der Waals surface area contributed by atoms with Gasteiger partial charge in [-0.25, -0.2) is 0 Å². The summed E-state index contributed by atoms with van der Waals surface area (Å²) < 4.78 is 0. The minimum atomic E-state index is -0.416. The van der Waals surface area contributed by atoms with Gasteiger partial charge < -0.3 is 5.32 Å². The van der Waals surface area contributed by atoms with Crippen LogP contribution < -0.4 is 5.32 Å². The summed E-state index contributed by atoms with van der Waals surface area (Å²) in [5, 5.41) is 3.58. The van der Waals surface area contributed by atoms with E-state index in [9.17, 15) is 4.79 Å². The highest BCUT2D eigenvalue weighted by Gasteiger charge is 2.51. The second kappa shape index (κ2) is 4.67. The van der Waals surface area contributed by atoms with Crippen LogP contribution in [-0.2, 0) is 10.2 Å². The van der Waals surface area contributed by atoms with Gasteiger partial charge in [0.25, 0.3) is 0 Å². The van der Waals surface area contributed by atoms with Gasteiger partial charge in [-0.2, -0.15) is 0 Å². The molecule has 3 nitrogen and oxygen atoms in total. The molecule has 1 saturated carbocycles. The molecule has 3 rings (SSSR count). The zero-order valence-electron chi connectivity index (χ0n) is 10.3. The SMILES string of the molecule is O=C(Nc1cccnc1)C1(c2cccc(Cl)c2)CC1. The lowest BCUT2D eigenvalue weighted by atomic mass is 9.95. The fourth-order valence-corrected chi connectivity index (χ4v) is 2.44. The lowest BCUT2D eigenvalue weighted by molar-refractivity contribution is -0.118. The van der Waals surface area contributed by atoms with Crippen molar-refractivity contribution in [2.45, 2.75) is 18.3 Å². The first-order valence-electron chi connectivity index (χ1n) is 6.18. The highest BCUT2D eigenvalue weighted by molar-refractivity contribution is 6.30. The largest absolute Gasteiger partial charge is 0.324 e. The predicted molar refractivity (Wildman–Crippen MR) is 75.2 cm³/mol. The highest BCUT2D eigenvalue weighted by atomic mass is 35.5. The van der Waals surface area contributed by atoms with Gasteiger partial charge in [0.2, 0.25) is 5.91 Å². The average Bonchev–Trinajstić information content (AvgIpc) is 3.21. The molecule has 1 aliphatic rings. The number of benzene rings is 1. The average molecular weight is 273 g/mol. The molecule has 1 aromatic heterocycles. The number of carbonyl (C=O) groups is 1. The van der Waals surface area contributed by atoms with Crippen LogP contribution in [0.3, 0.4) is 0 Å². The Morgan fingerprint density at radius 3 is 2.74 bits per heavy atom. The van der Waals surface area contributed by atoms with Gasteiger partial charge in [0.15, 0.2) is 0 Å². The van der Waals surface area contributed by atoms with Crippen molar-refractivity contribution in [2.24, 2.45) is 0 Å². The molecular weight excluding hydrogens is 260 g/mol. The molecule has 0 saturated heterocycles. The molecule has 2 aromatic rings. The number of aromatic nitrogens is 1. The number of halogens is 1. The highest BCUT2D eigenvalue weighted by Crippen LogP contribution is 2.49. The first-order chi connectivity index (χ1) is 9.21. The van der Waals surface area contributed by atoms with Gasteiger partial charge >= 0.3 is 0 Å². The van der Waals surface area contributed by atoms with Crippen LogP contribution in [-0.4, -0.2) is 10.9 Å². The molecule has 96 valence electrons. The quantitative estimate of drug-likeness (QED) is 0.930. The summed E-state index contributed by atoms with van der Waals surface area (Å²) in [4.78, 5) is 16.4. The van der Waals surface area contributed by atoms with E-state index >= 15 is 0 Å². The molecule has 0 spiro atoms. The second-order valence-corrected chi connectivity index (χ2v) is 5.22. The Morgan fingerprint density at radius 2 is 2.11 bits per heavy atom. The molecule has 19 heavy (non-hydrogen) atoms. The van der Waals surface area contributed by atoms with Gasteiger partial charge in [-0.15, -0.1) is 0 Å². The first kappa shape index (κ1) is 12.2. The van der Waals surface area contributed by atoms with Crippen molar-refractivity contribution in [2.75, 3.05) is 5.32 Å². The molecule has 1 N–H and O–H groups in total. The van der Waals surface area contributed by atoms with Crippen LogP contribution in [0.1, 0.15) is 18.4 Å². The predicted octanol–water partition coefficient (Wildman–Crippen LogP) is 3.41. The fourth-order valence-electron chi connectivity index (χ4n) is 2.25. The molecule has 0 atom stereocenters. The summed E-state index contributed by atoms with van der Waals surface area (Å²) in [5.41, 5.74) is 1.29. The molecule has 1 aromatic carbocycles. The number of carbonyl (C=O) groups excluding carboxylic acids is 1. The van der Waals surface area contributed by atoms with E-state index in [4.69, 9.17) is 11.6 Å². The number of anilines is 1. The van der Waals surface area contributed by atoms with Gasteiger partial charge in [-0.3, -0.25) is 9.78 Å². The third-order valence-electron chi connectivity index (χ3n) is 3.48. The van der Waals surface area contributed by atoms with Gasteiger partial charge in [-0.1, -0.05) is 23.7 Å². The molecule has 1 aliphatic carbocycles. The molecular formula is C15H13ClN2O. The smallest absolute Gasteiger partial charge is 0.235 e. The van der Waals surface area contributed by atoms with Crippen LogP contribution in [0.2, 0.25) is 5.02 Å². The number of nitrogens with one attached hydrogen (secondary N) is 1. The normalized spacial score (nSPS) is 15.8. The summed E-state index contributed by atoms with van der Waals surface area (Å²) in [5.74, 6) is 0.0165. The van der Waals surface area contributed by atoms with Gasteiger partial charge in [0.1, 0.15) is 0 Å². The third-order valence-corrected chi connectivity index (χ3v) is 3.72. The van der Waals surface area contributed by atoms with Crippen molar-refractivity contribution < 1.29 is 4.79 Å². The first-order valence-corrected chi connectivity index (χ1v) is 6.56. The molecule has 4 heteroatoms. The topological polar surface area (TPSA) is 42.0 Å². The van der Waals surface area contributed by atoms with Gasteiger partial charge in [-0.05, 0) is 42.7 Å². The van der Waals surface area contributed by atoms with E-state index in [2.05, 4.69) is 10.3 Å². The number of pyridine rings is 1. The summed E-state index contributed by atoms with van der Waals surface area (Å²) >= 11 is 6.00. The van der Waals surface area contributed by atoms with E-state index in [-0.39, 0.29) is 5.91 Å². The lowest BCUT2D eigenvalue weighted by Gasteiger charge is -2.15. The van der Waals surface area contributed by atoms with E-state index in [1.807, 2.05) is 30.3 Å². The maximum Gasteiger partial charge on any atom is 0.235 e. The van der Waals surface area contributed by atoms with E-state index in [1.165, 1.54) is 0 Å². The van der Waals surface area contributed by atoms with Crippen LogP contribution >= 0.6 is 11.6 Å². The third kappa shape index (κ3) is 2.34. The molecule has 0 unspecified atom stereocenters. The van der Waals surface area contributed by atoms with E-state index in [1.54, 1.807) is 18.5 Å². The number of hydrogen-bond donors (Lipinski definition) is 1. The Morgan fingerprint density at radius 1 is 1.26 bits per heavy atom. The molecule has 1 fully saturated rings. The number of amides is 1. The van der Waals surface area contributed by atoms with Crippen molar-refractivity contribution in [1.82, 2.24) is 4.98 Å². The van der Waals surface area contributed by atoms with E-state index in [0.29, 0.717) is 5.02 Å². The molecule has 0 bridgehead atoms. The maximum absolute atomic E-state index is 12.4. The molecule has 1 heterocycles. The van der Waals surface area contributed by atoms with Crippen LogP contribution in [0.4, 0.5) is 5.69 Å². The second-order valence-electron chi connectivity index (χ2n) is 4.79. The van der Waals surface area contributed by atoms with Crippen molar-refractivity contribution in [3.63, 3.8) is 0 Å². The Bertz CT molecular complexity index is 609. The van der Waals surface area contributed by atoms with E-state index < -0.39 is 5.41 Å². The Labute approximate surface area is 116 Å². The van der Waals surface area contributed by atoms with Crippen LogP contribution in [0, 0.1) is 0 Å². The van der Waals surface area contributed by atoms with E-state index in [0.717, 1.165) is 24.1 Å². The molecule has 0 aliphatic heterocycles. The van der Waals surface area contributed by atoms with Crippen molar-refractivity contribution in [3.05, 3.63) is 59.4 Å². The number of nitrogens with zero attached hydrogens (tertiary/aromatic N) is 1. The van der Waals surface area contributed by atoms with Crippen LogP contribution in [0.15, 0.2) is 48.8 Å². The Balaban J connectivity index is 1.83. The maximum atomic E-state index is 12.4. The van der Waals surface area contributed by atoms with Crippen LogP contribution in [0.5, 0.6) is 0 Å². The standard InChI is InChI=1S/C15H13ClN2O/c16-12-4-1-3-11(9-12)15(6-7-15)14(19)18-13-5-2-8-17-10-13/h1-5,8-10H,6-7H2,(H,18,19). The monoisotopic (exact) mass is 272 g/mol. The molecule has 1 amide bonds. The van der Waals surface area contributed by atoms with Gasteiger partial charge in [0.05, 0.1) is 17.3 Å². The Kier molecular flexibility index (Phi) is 2.99. The number of hydrogen-bond acceptors (Lipinski definition) is 2. The van der Waals surface area contributed by atoms with Crippen molar-refractivity contribution in [3.8, 4) is 0 Å². The Hall–Kier alpha value is -1.87. The zero-order valence-corrected chi connectivity index (χ0v) is 11.0. The van der Waals surface area contributed by atoms with Crippen molar-refractivity contribution in [1.29, 1.82) is 0 Å². The van der Waals surface area contributed by atoms with Crippen molar-refractivity contribution >= 4 is 23.2 Å². The summed E-state index contributed by atoms with van der Waals surface area (Å²) in [7, 11) is 0. The summed E-state index contributed by atoms with van der Waals surface area (Å²) in [6.07, 6.45) is 5.05. The number of rotatable bonds is 3. The van der Waals surface area contributed by atoms with Gasteiger partial charge in [0, 0.05) is 11.2 Å². The summed E-state index contributed by atoms with van der Waals surface area (Å²) in [6, 6.07) is 11.2. The summed E-state index contributed by atoms with van der Waals surface area (Å²) in [6.45, 7) is 0. The minimum absolute atomic E-state index is 0.0165. The molecule has 0 radical (unpaired) electrons. The minimum Gasteiger partial charge on any atom is -0.324 e. The fraction of sp³-hybridized carbons (Fsp3) is 0.200.